The topological polar surface area (TPSA) is 52.0 Å². The molecule has 0 atom stereocenters. The van der Waals surface area contributed by atoms with Gasteiger partial charge in [-0.25, -0.2) is 0 Å². The van der Waals surface area contributed by atoms with Crippen LogP contribution in [0.1, 0.15) is 25.7 Å². The molecule has 70 valence electrons. The van der Waals surface area contributed by atoms with Gasteiger partial charge in [0.25, 0.3) is 0 Å². The van der Waals surface area contributed by atoms with E-state index in [9.17, 15) is 0 Å². The summed E-state index contributed by atoms with van der Waals surface area (Å²) in [5.74, 6) is 0. The minimum atomic E-state index is 0.492. The van der Waals surface area contributed by atoms with Crippen LogP contribution in [0.3, 0.4) is 0 Å². The quantitative estimate of drug-likeness (QED) is 0.681. The minimum Gasteiger partial charge on any atom is -0.328 e. The van der Waals surface area contributed by atoms with Gasteiger partial charge in [0.05, 0.1) is 0 Å². The highest BCUT2D eigenvalue weighted by atomic mass is 33.1. The van der Waals surface area contributed by atoms with Crippen LogP contribution in [0.5, 0.6) is 0 Å². The third-order valence-electron chi connectivity index (χ3n) is 2.59. The molecule has 0 aromatic rings. The van der Waals surface area contributed by atoms with Crippen LogP contribution < -0.4 is 11.5 Å². The molecule has 0 aliphatic heterocycles. The second kappa shape index (κ2) is 3.78. The second-order valence-corrected chi connectivity index (χ2v) is 6.77. The Kier molecular flexibility index (Phi) is 2.89. The van der Waals surface area contributed by atoms with E-state index >= 15 is 0 Å². The molecule has 2 rings (SSSR count). The van der Waals surface area contributed by atoms with Gasteiger partial charge in [-0.2, -0.15) is 0 Å². The monoisotopic (exact) mass is 204 g/mol. The van der Waals surface area contributed by atoms with Crippen LogP contribution in [0.2, 0.25) is 0 Å². The van der Waals surface area contributed by atoms with Crippen LogP contribution in [0.15, 0.2) is 0 Å². The standard InChI is InChI=1S/C8H16N2S2/c9-5-1-7(2-5)11-12-8-3-6(10)4-8/h5-8H,1-4,9-10H2/t5-,6-,7-,8-. The van der Waals surface area contributed by atoms with Crippen LogP contribution in [0, 0.1) is 0 Å². The second-order valence-electron chi connectivity index (χ2n) is 3.90. The van der Waals surface area contributed by atoms with E-state index in [0.29, 0.717) is 12.1 Å². The molecule has 0 aromatic heterocycles. The average molecular weight is 204 g/mol. The lowest BCUT2D eigenvalue weighted by Crippen LogP contribution is -2.39. The van der Waals surface area contributed by atoms with Gasteiger partial charge in [-0.05, 0) is 25.7 Å². The Morgan fingerprint density at radius 1 is 0.750 bits per heavy atom. The van der Waals surface area contributed by atoms with Crippen molar-refractivity contribution in [3.63, 3.8) is 0 Å². The summed E-state index contributed by atoms with van der Waals surface area (Å²) in [6.07, 6.45) is 4.87. The molecule has 0 amide bonds. The molecule has 2 fully saturated rings. The predicted octanol–water partition coefficient (Wildman–Crippen LogP) is 1.35. The number of nitrogens with two attached hydrogens (primary N) is 2. The largest absolute Gasteiger partial charge is 0.328 e. The molecule has 0 bridgehead atoms. The molecule has 2 saturated carbocycles. The molecular weight excluding hydrogens is 188 g/mol. The molecule has 0 aromatic carbocycles. The van der Waals surface area contributed by atoms with Gasteiger partial charge in [0.15, 0.2) is 0 Å². The van der Waals surface area contributed by atoms with Gasteiger partial charge >= 0.3 is 0 Å². The summed E-state index contributed by atoms with van der Waals surface area (Å²) < 4.78 is 0. The summed E-state index contributed by atoms with van der Waals surface area (Å²) in [6, 6.07) is 0.985. The van der Waals surface area contributed by atoms with Crippen molar-refractivity contribution in [1.29, 1.82) is 0 Å². The lowest BCUT2D eigenvalue weighted by molar-refractivity contribution is 0.430. The Bertz CT molecular complexity index is 135. The summed E-state index contributed by atoms with van der Waals surface area (Å²) in [7, 11) is 4.07. The van der Waals surface area contributed by atoms with Crippen molar-refractivity contribution in [3.8, 4) is 0 Å². The van der Waals surface area contributed by atoms with Crippen molar-refractivity contribution < 1.29 is 0 Å². The first kappa shape index (κ1) is 9.19. The molecule has 2 aliphatic rings. The lowest BCUT2D eigenvalue weighted by atomic mass is 9.93. The fourth-order valence-corrected chi connectivity index (χ4v) is 5.03. The van der Waals surface area contributed by atoms with E-state index < -0.39 is 0 Å². The van der Waals surface area contributed by atoms with E-state index in [1.54, 1.807) is 0 Å². The molecule has 0 spiro atoms. The maximum absolute atomic E-state index is 5.70. The molecule has 4 heteroatoms. The minimum absolute atomic E-state index is 0.492. The molecule has 2 aliphatic carbocycles. The van der Waals surface area contributed by atoms with E-state index in [4.69, 9.17) is 11.5 Å². The third kappa shape index (κ3) is 2.10. The highest BCUT2D eigenvalue weighted by molar-refractivity contribution is 8.77. The summed E-state index contributed by atoms with van der Waals surface area (Å²) in [5, 5.41) is 1.67. The summed E-state index contributed by atoms with van der Waals surface area (Å²) in [6.45, 7) is 0. The normalized spacial score (nSPS) is 46.5. The Balaban J connectivity index is 1.52. The van der Waals surface area contributed by atoms with E-state index in [-0.39, 0.29) is 0 Å². The molecular formula is C8H16N2S2. The van der Waals surface area contributed by atoms with Gasteiger partial charge in [-0.15, -0.1) is 0 Å². The number of rotatable bonds is 3. The third-order valence-corrected chi connectivity index (χ3v) is 5.98. The zero-order valence-corrected chi connectivity index (χ0v) is 8.74. The molecule has 0 radical (unpaired) electrons. The van der Waals surface area contributed by atoms with Gasteiger partial charge in [0, 0.05) is 22.6 Å². The molecule has 0 heterocycles. The first-order valence-electron chi connectivity index (χ1n) is 4.57. The highest BCUT2D eigenvalue weighted by Gasteiger charge is 2.31. The van der Waals surface area contributed by atoms with Crippen molar-refractivity contribution in [2.24, 2.45) is 11.5 Å². The van der Waals surface area contributed by atoms with E-state index in [1.165, 1.54) is 25.7 Å². The average Bonchev–Trinajstić information content (AvgIpc) is 1.91. The SMILES string of the molecule is N[C@H]1C[C@H](SS[C@H]2C[C@H](N)C2)C1. The summed E-state index contributed by atoms with van der Waals surface area (Å²) >= 11 is 0. The Morgan fingerprint density at radius 3 is 1.33 bits per heavy atom. The smallest absolute Gasteiger partial charge is 0.0181 e. The maximum atomic E-state index is 5.70. The first-order chi connectivity index (χ1) is 5.74. The van der Waals surface area contributed by atoms with Gasteiger partial charge < -0.3 is 11.5 Å². The van der Waals surface area contributed by atoms with Crippen molar-refractivity contribution in [3.05, 3.63) is 0 Å². The molecule has 4 N–H and O–H groups in total. The fourth-order valence-electron chi connectivity index (χ4n) is 1.53. The van der Waals surface area contributed by atoms with Crippen LogP contribution in [-0.2, 0) is 0 Å². The molecule has 2 nitrogen and oxygen atoms in total. The van der Waals surface area contributed by atoms with Crippen molar-refractivity contribution in [2.75, 3.05) is 0 Å². The Morgan fingerprint density at radius 2 is 1.08 bits per heavy atom. The van der Waals surface area contributed by atoms with Crippen LogP contribution in [0.25, 0.3) is 0 Å². The Labute approximate surface area is 81.6 Å². The molecule has 0 saturated heterocycles. The maximum Gasteiger partial charge on any atom is 0.0181 e. The fraction of sp³-hybridized carbons (Fsp3) is 1.00. The van der Waals surface area contributed by atoms with Crippen molar-refractivity contribution in [2.45, 2.75) is 48.3 Å². The summed E-state index contributed by atoms with van der Waals surface area (Å²) in [5.41, 5.74) is 11.4. The van der Waals surface area contributed by atoms with Gasteiger partial charge in [-0.3, -0.25) is 0 Å². The predicted molar refractivity (Wildman–Crippen MR) is 57.2 cm³/mol. The Hall–Kier alpha value is 0.620. The van der Waals surface area contributed by atoms with Crippen LogP contribution >= 0.6 is 21.6 Å². The van der Waals surface area contributed by atoms with Gasteiger partial charge in [0.2, 0.25) is 0 Å². The lowest BCUT2D eigenvalue weighted by Gasteiger charge is -2.36. The van der Waals surface area contributed by atoms with Crippen LogP contribution in [-0.4, -0.2) is 22.6 Å². The van der Waals surface area contributed by atoms with Crippen molar-refractivity contribution in [1.82, 2.24) is 0 Å². The van der Waals surface area contributed by atoms with Crippen LogP contribution in [0.4, 0.5) is 0 Å². The van der Waals surface area contributed by atoms with Crippen molar-refractivity contribution >= 4 is 21.6 Å². The highest BCUT2D eigenvalue weighted by Crippen LogP contribution is 2.45. The van der Waals surface area contributed by atoms with Gasteiger partial charge in [-0.1, -0.05) is 21.6 Å². The van der Waals surface area contributed by atoms with E-state index in [2.05, 4.69) is 0 Å². The van der Waals surface area contributed by atoms with E-state index in [0.717, 1.165) is 10.5 Å². The zero-order valence-electron chi connectivity index (χ0n) is 7.11. The number of hydrogen-bond acceptors (Lipinski definition) is 4. The first-order valence-corrected chi connectivity index (χ1v) is 6.85. The number of hydrogen-bond donors (Lipinski definition) is 2. The summed E-state index contributed by atoms with van der Waals surface area (Å²) in [4.78, 5) is 0. The van der Waals surface area contributed by atoms with Gasteiger partial charge in [0.1, 0.15) is 0 Å². The molecule has 12 heavy (non-hydrogen) atoms. The molecule has 0 unspecified atom stereocenters. The van der Waals surface area contributed by atoms with E-state index in [1.807, 2.05) is 21.6 Å². The zero-order chi connectivity index (χ0) is 8.55.